The Morgan fingerprint density at radius 1 is 1.04 bits per heavy atom. The molecule has 0 aromatic heterocycles. The van der Waals surface area contributed by atoms with Gasteiger partial charge in [0.15, 0.2) is 0 Å². The molecule has 0 aliphatic carbocycles. The van der Waals surface area contributed by atoms with Crippen molar-refractivity contribution in [3.8, 4) is 0 Å². The number of hydrogen-bond donors (Lipinski definition) is 1. The molecule has 1 fully saturated rings. The van der Waals surface area contributed by atoms with E-state index in [9.17, 15) is 18.0 Å². The second-order valence-electron chi connectivity index (χ2n) is 6.95. The molecule has 150 valence electrons. The van der Waals surface area contributed by atoms with Crippen LogP contribution in [0.25, 0.3) is 0 Å². The Labute approximate surface area is 162 Å². The van der Waals surface area contributed by atoms with Crippen molar-refractivity contribution in [1.29, 1.82) is 0 Å². The van der Waals surface area contributed by atoms with Crippen LogP contribution in [0.5, 0.6) is 0 Å². The van der Waals surface area contributed by atoms with Crippen molar-refractivity contribution >= 4 is 11.6 Å². The molecule has 0 bridgehead atoms. The third-order valence-electron chi connectivity index (χ3n) is 5.09. The Bertz CT molecular complexity index is 787. The first-order valence-electron chi connectivity index (χ1n) is 9.32. The van der Waals surface area contributed by atoms with Gasteiger partial charge in [-0.1, -0.05) is 36.4 Å². The van der Waals surface area contributed by atoms with Gasteiger partial charge in [-0.2, -0.15) is 13.2 Å². The summed E-state index contributed by atoms with van der Waals surface area (Å²) in [5.41, 5.74) is 0.967. The van der Waals surface area contributed by atoms with E-state index in [-0.39, 0.29) is 11.9 Å². The first kappa shape index (κ1) is 20.2. The van der Waals surface area contributed by atoms with Gasteiger partial charge in [-0.3, -0.25) is 9.69 Å². The molecule has 0 unspecified atom stereocenters. The minimum atomic E-state index is -4.34. The van der Waals surface area contributed by atoms with Gasteiger partial charge in [0.1, 0.15) is 0 Å². The number of nitrogens with one attached hydrogen (secondary N) is 1. The number of hydrogen-bond acceptors (Lipinski definition) is 3. The lowest BCUT2D eigenvalue weighted by Gasteiger charge is -2.38. The van der Waals surface area contributed by atoms with Crippen LogP contribution in [0.15, 0.2) is 54.6 Å². The summed E-state index contributed by atoms with van der Waals surface area (Å²) >= 11 is 0. The summed E-state index contributed by atoms with van der Waals surface area (Å²) < 4.78 is 38.7. The number of piperazine rings is 1. The highest BCUT2D eigenvalue weighted by atomic mass is 19.4. The van der Waals surface area contributed by atoms with E-state index in [4.69, 9.17) is 0 Å². The quantitative estimate of drug-likeness (QED) is 0.847. The van der Waals surface area contributed by atoms with Gasteiger partial charge in [0, 0.05) is 38.4 Å². The third-order valence-corrected chi connectivity index (χ3v) is 5.09. The monoisotopic (exact) mass is 391 g/mol. The molecule has 0 spiro atoms. The Hall–Kier alpha value is -2.54. The van der Waals surface area contributed by atoms with E-state index in [0.717, 1.165) is 11.6 Å². The Kier molecular flexibility index (Phi) is 6.24. The highest BCUT2D eigenvalue weighted by molar-refractivity contribution is 5.81. The predicted molar refractivity (Wildman–Crippen MR) is 103 cm³/mol. The summed E-state index contributed by atoms with van der Waals surface area (Å²) in [6.45, 7) is 4.75. The Balaban J connectivity index is 1.52. The lowest BCUT2D eigenvalue weighted by molar-refractivity contribution is -0.137. The fraction of sp³-hybridized carbons (Fsp3) is 0.381. The molecule has 1 atom stereocenters. The summed E-state index contributed by atoms with van der Waals surface area (Å²) in [6, 6.07) is 14.8. The molecule has 2 aromatic rings. The van der Waals surface area contributed by atoms with Crippen LogP contribution < -0.4 is 10.2 Å². The number of nitrogens with zero attached hydrogens (tertiary/aromatic N) is 2. The summed E-state index contributed by atoms with van der Waals surface area (Å²) in [7, 11) is 0. The molecule has 0 radical (unpaired) electrons. The lowest BCUT2D eigenvalue weighted by Crippen LogP contribution is -2.53. The molecule has 1 aliphatic heterocycles. The normalized spacial score (nSPS) is 16.6. The molecular formula is C21H24F3N3O. The van der Waals surface area contributed by atoms with Crippen LogP contribution >= 0.6 is 0 Å². The van der Waals surface area contributed by atoms with Crippen molar-refractivity contribution in [3.63, 3.8) is 0 Å². The van der Waals surface area contributed by atoms with Crippen molar-refractivity contribution in [2.45, 2.75) is 25.7 Å². The SMILES string of the molecule is C[C@@H](C(=O)NCc1ccccc1)N1CCN(c2cccc(C(F)(F)F)c2)CC1. The van der Waals surface area contributed by atoms with E-state index >= 15 is 0 Å². The van der Waals surface area contributed by atoms with Crippen molar-refractivity contribution in [2.24, 2.45) is 0 Å². The molecule has 1 heterocycles. The standard InChI is InChI=1S/C21H24F3N3O/c1-16(20(28)25-15-17-6-3-2-4-7-17)26-10-12-27(13-11-26)19-9-5-8-18(14-19)21(22,23)24/h2-9,14,16H,10-13,15H2,1H3,(H,25,28)/t16-/m0/s1. The molecule has 1 N–H and O–H groups in total. The second kappa shape index (κ2) is 8.65. The summed E-state index contributed by atoms with van der Waals surface area (Å²) in [5, 5.41) is 2.94. The van der Waals surface area contributed by atoms with Gasteiger partial charge in [-0.05, 0) is 30.7 Å². The zero-order chi connectivity index (χ0) is 20.1. The zero-order valence-corrected chi connectivity index (χ0v) is 15.7. The van der Waals surface area contributed by atoms with Crippen LogP contribution in [0, 0.1) is 0 Å². The van der Waals surface area contributed by atoms with Gasteiger partial charge in [-0.25, -0.2) is 0 Å². The lowest BCUT2D eigenvalue weighted by atomic mass is 10.1. The number of benzene rings is 2. The molecule has 3 rings (SSSR count). The van der Waals surface area contributed by atoms with Crippen LogP contribution in [0.3, 0.4) is 0 Å². The van der Waals surface area contributed by atoms with E-state index in [1.807, 2.05) is 42.2 Å². The van der Waals surface area contributed by atoms with E-state index < -0.39 is 11.7 Å². The van der Waals surface area contributed by atoms with E-state index in [1.54, 1.807) is 6.07 Å². The van der Waals surface area contributed by atoms with Crippen molar-refractivity contribution in [1.82, 2.24) is 10.2 Å². The maximum atomic E-state index is 12.9. The van der Waals surface area contributed by atoms with Gasteiger partial charge in [0.25, 0.3) is 0 Å². The van der Waals surface area contributed by atoms with E-state index in [2.05, 4.69) is 10.2 Å². The maximum Gasteiger partial charge on any atom is 0.416 e. The average molecular weight is 391 g/mol. The van der Waals surface area contributed by atoms with Gasteiger partial charge < -0.3 is 10.2 Å². The van der Waals surface area contributed by atoms with Crippen LogP contribution in [0.1, 0.15) is 18.1 Å². The average Bonchev–Trinajstić information content (AvgIpc) is 2.72. The first-order valence-corrected chi connectivity index (χ1v) is 9.32. The fourth-order valence-electron chi connectivity index (χ4n) is 3.34. The number of carbonyl (C=O) groups excluding carboxylic acids is 1. The van der Waals surface area contributed by atoms with Crippen molar-refractivity contribution in [3.05, 3.63) is 65.7 Å². The van der Waals surface area contributed by atoms with E-state index in [0.29, 0.717) is 38.4 Å². The van der Waals surface area contributed by atoms with Crippen LogP contribution in [-0.2, 0) is 17.5 Å². The molecule has 28 heavy (non-hydrogen) atoms. The van der Waals surface area contributed by atoms with E-state index in [1.165, 1.54) is 12.1 Å². The number of carbonyl (C=O) groups is 1. The zero-order valence-electron chi connectivity index (χ0n) is 15.7. The van der Waals surface area contributed by atoms with Gasteiger partial charge in [0.2, 0.25) is 5.91 Å². The predicted octanol–water partition coefficient (Wildman–Crippen LogP) is 3.53. The molecule has 4 nitrogen and oxygen atoms in total. The summed E-state index contributed by atoms with van der Waals surface area (Å²) in [6.07, 6.45) is -4.34. The van der Waals surface area contributed by atoms with Crippen LogP contribution in [0.4, 0.5) is 18.9 Å². The number of amides is 1. The summed E-state index contributed by atoms with van der Waals surface area (Å²) in [5.74, 6) is -0.0450. The smallest absolute Gasteiger partial charge is 0.369 e. The van der Waals surface area contributed by atoms with Crippen LogP contribution in [-0.4, -0.2) is 43.0 Å². The highest BCUT2D eigenvalue weighted by Crippen LogP contribution is 2.31. The third kappa shape index (κ3) is 5.04. The van der Waals surface area contributed by atoms with Gasteiger partial charge in [-0.15, -0.1) is 0 Å². The Morgan fingerprint density at radius 3 is 2.36 bits per heavy atom. The second-order valence-corrected chi connectivity index (χ2v) is 6.95. The van der Waals surface area contributed by atoms with Crippen molar-refractivity contribution < 1.29 is 18.0 Å². The number of halogens is 3. The van der Waals surface area contributed by atoms with Gasteiger partial charge in [0.05, 0.1) is 11.6 Å². The van der Waals surface area contributed by atoms with Gasteiger partial charge >= 0.3 is 6.18 Å². The molecule has 7 heteroatoms. The Morgan fingerprint density at radius 2 is 1.71 bits per heavy atom. The minimum absolute atomic E-state index is 0.0450. The molecular weight excluding hydrogens is 367 g/mol. The summed E-state index contributed by atoms with van der Waals surface area (Å²) in [4.78, 5) is 16.4. The number of alkyl halides is 3. The molecule has 1 aliphatic rings. The van der Waals surface area contributed by atoms with Crippen LogP contribution in [0.2, 0.25) is 0 Å². The molecule has 1 saturated heterocycles. The fourth-order valence-corrected chi connectivity index (χ4v) is 3.34. The van der Waals surface area contributed by atoms with Crippen molar-refractivity contribution in [2.75, 3.05) is 31.1 Å². The molecule has 2 aromatic carbocycles. The topological polar surface area (TPSA) is 35.6 Å². The first-order chi connectivity index (χ1) is 13.3. The molecule has 1 amide bonds. The largest absolute Gasteiger partial charge is 0.416 e. The number of anilines is 1. The maximum absolute atomic E-state index is 12.9. The molecule has 0 saturated carbocycles. The highest BCUT2D eigenvalue weighted by Gasteiger charge is 2.31. The minimum Gasteiger partial charge on any atom is -0.369 e. The number of rotatable bonds is 5.